The molecule has 5 heterocycles. The molecule has 0 aliphatic carbocycles. The second kappa shape index (κ2) is 10.4. The van der Waals surface area contributed by atoms with E-state index in [0.717, 1.165) is 9.47 Å². The molecule has 1 aliphatic rings. The van der Waals surface area contributed by atoms with Crippen LogP contribution in [0.4, 0.5) is 35.4 Å². The first-order valence-electron chi connectivity index (χ1n) is 12.0. The molecule has 1 atom stereocenters. The first-order chi connectivity index (χ1) is 19.5. The predicted molar refractivity (Wildman–Crippen MR) is 137 cm³/mol. The monoisotopic (exact) mass is 570 g/mol. The highest BCUT2D eigenvalue weighted by Crippen LogP contribution is 2.34. The molecule has 212 valence electrons. The zero-order valence-electron chi connectivity index (χ0n) is 21.5. The van der Waals surface area contributed by atoms with E-state index in [0.29, 0.717) is 25.3 Å². The zero-order chi connectivity index (χ0) is 29.5. The number of amides is 1. The second-order valence-electron chi connectivity index (χ2n) is 9.08. The molecule has 0 bridgehead atoms. The van der Waals surface area contributed by atoms with E-state index < -0.39 is 29.4 Å². The number of alkyl halides is 3. The number of imidazole rings is 1. The third-order valence-electron chi connectivity index (χ3n) is 6.40. The number of nitrogens with one attached hydrogen (secondary N) is 1. The summed E-state index contributed by atoms with van der Waals surface area (Å²) in [4.78, 5) is 38.1. The van der Waals surface area contributed by atoms with Crippen LogP contribution in [0.15, 0.2) is 41.6 Å². The molecule has 13 nitrogen and oxygen atoms in total. The summed E-state index contributed by atoms with van der Waals surface area (Å²) in [5, 5.41) is 22.3. The molecule has 1 amide bonds. The predicted octanol–water partition coefficient (Wildman–Crippen LogP) is 3.76. The molecule has 0 spiro atoms. The van der Waals surface area contributed by atoms with Crippen LogP contribution in [0.1, 0.15) is 17.5 Å². The minimum atomic E-state index is -4.69. The summed E-state index contributed by atoms with van der Waals surface area (Å²) < 4.78 is 53.3. The summed E-state index contributed by atoms with van der Waals surface area (Å²) >= 11 is 0. The van der Waals surface area contributed by atoms with Crippen molar-refractivity contribution in [2.45, 2.75) is 18.6 Å². The molecule has 1 aliphatic heterocycles. The minimum Gasteiger partial charge on any atom is -0.465 e. The van der Waals surface area contributed by atoms with Gasteiger partial charge in [-0.25, -0.2) is 14.8 Å². The Balaban J connectivity index is 1.50. The lowest BCUT2D eigenvalue weighted by molar-refractivity contribution is -0.138. The van der Waals surface area contributed by atoms with Gasteiger partial charge in [0.2, 0.25) is 5.95 Å². The van der Waals surface area contributed by atoms with E-state index in [9.17, 15) is 33.1 Å². The molecule has 0 aromatic carbocycles. The molecule has 2 N–H and O–H groups in total. The number of carbonyl (C=O) groups is 1. The molecule has 16 heteroatoms. The lowest BCUT2D eigenvalue weighted by Gasteiger charge is -2.24. The molecule has 4 aromatic rings. The standard InChI is InChI=1S/C25H21F3N8O5/c1-34-11-13(25(26,27)28)7-17(22(34)37)32-23-33-21-20(35(23)2)16(9-29)18(10-31-21)41-15-3-5-30-19(8-15)36(24(38)39)14-4-6-40-12-14/h3,5,7-8,10-11,14H,4,6,12H2,1-2H3,(H,38,39)(H,31,32,33)/t14-/m0/s1. The zero-order valence-corrected chi connectivity index (χ0v) is 21.5. The normalized spacial score (nSPS) is 15.1. The number of aryl methyl sites for hydroxylation is 2. The minimum absolute atomic E-state index is 0.00681. The van der Waals surface area contributed by atoms with E-state index in [2.05, 4.69) is 20.3 Å². The van der Waals surface area contributed by atoms with Crippen LogP contribution in [0.25, 0.3) is 11.2 Å². The SMILES string of the molecule is Cn1cc(C(F)(F)F)cc(Nc2nc3ncc(Oc4ccnc(N(C(=O)O)[C@H]5CCOC5)c4)c(C#N)c3n2C)c1=O. The Morgan fingerprint density at radius 1 is 1.32 bits per heavy atom. The van der Waals surface area contributed by atoms with Crippen LogP contribution in [-0.4, -0.2) is 54.5 Å². The van der Waals surface area contributed by atoms with Gasteiger partial charge in [0.05, 0.1) is 24.4 Å². The van der Waals surface area contributed by atoms with Gasteiger partial charge in [0.1, 0.15) is 34.4 Å². The molecule has 0 radical (unpaired) electrons. The van der Waals surface area contributed by atoms with Gasteiger partial charge in [-0.1, -0.05) is 0 Å². The Kier molecular flexibility index (Phi) is 6.97. The van der Waals surface area contributed by atoms with Crippen LogP contribution in [0.2, 0.25) is 0 Å². The van der Waals surface area contributed by atoms with Gasteiger partial charge < -0.3 is 29.0 Å². The molecule has 1 saturated heterocycles. The molecule has 41 heavy (non-hydrogen) atoms. The number of halogens is 3. The van der Waals surface area contributed by atoms with E-state index >= 15 is 0 Å². The number of fused-ring (bicyclic) bond motifs is 1. The van der Waals surface area contributed by atoms with Crippen LogP contribution >= 0.6 is 0 Å². The first-order valence-corrected chi connectivity index (χ1v) is 12.0. The highest BCUT2D eigenvalue weighted by atomic mass is 19.4. The van der Waals surface area contributed by atoms with Crippen molar-refractivity contribution in [3.63, 3.8) is 0 Å². The van der Waals surface area contributed by atoms with Crippen LogP contribution in [-0.2, 0) is 25.0 Å². The maximum Gasteiger partial charge on any atom is 0.417 e. The molecule has 0 unspecified atom stereocenters. The van der Waals surface area contributed by atoms with Crippen molar-refractivity contribution in [2.24, 2.45) is 14.1 Å². The lowest BCUT2D eigenvalue weighted by Crippen LogP contribution is -2.40. The van der Waals surface area contributed by atoms with Crippen LogP contribution < -0.4 is 20.5 Å². The van der Waals surface area contributed by atoms with Crippen molar-refractivity contribution in [1.82, 2.24) is 24.1 Å². The van der Waals surface area contributed by atoms with Gasteiger partial charge in [-0.3, -0.25) is 9.69 Å². The number of hydrogen-bond acceptors (Lipinski definition) is 9. The molecule has 4 aromatic heterocycles. The van der Waals surface area contributed by atoms with Crippen LogP contribution in [0.3, 0.4) is 0 Å². The number of ether oxygens (including phenoxy) is 2. The third kappa shape index (κ3) is 5.22. The summed E-state index contributed by atoms with van der Waals surface area (Å²) in [6.07, 6.45) is -2.12. The highest BCUT2D eigenvalue weighted by Gasteiger charge is 2.32. The van der Waals surface area contributed by atoms with Crippen molar-refractivity contribution in [3.8, 4) is 17.6 Å². The Morgan fingerprint density at radius 2 is 2.10 bits per heavy atom. The Morgan fingerprint density at radius 3 is 2.76 bits per heavy atom. The quantitative estimate of drug-likeness (QED) is 0.349. The number of carboxylic acid groups (broad SMARTS) is 1. The third-order valence-corrected chi connectivity index (χ3v) is 6.40. The van der Waals surface area contributed by atoms with E-state index in [4.69, 9.17) is 9.47 Å². The van der Waals surface area contributed by atoms with Crippen molar-refractivity contribution in [3.05, 3.63) is 58.3 Å². The number of nitrogens with zero attached hydrogens (tertiary/aromatic N) is 7. The number of hydrogen-bond donors (Lipinski definition) is 2. The van der Waals surface area contributed by atoms with E-state index in [1.165, 1.54) is 43.2 Å². The molecular formula is C25H21F3N8O5. The number of anilines is 3. The van der Waals surface area contributed by atoms with Crippen molar-refractivity contribution < 1.29 is 32.5 Å². The van der Waals surface area contributed by atoms with Crippen LogP contribution in [0, 0.1) is 11.3 Å². The fourth-order valence-corrected chi connectivity index (χ4v) is 4.42. The van der Waals surface area contributed by atoms with Crippen molar-refractivity contribution >= 4 is 34.7 Å². The molecule has 1 fully saturated rings. The van der Waals surface area contributed by atoms with Gasteiger partial charge in [-0.05, 0) is 18.6 Å². The summed E-state index contributed by atoms with van der Waals surface area (Å²) in [5.74, 6) is 0.242. The van der Waals surface area contributed by atoms with E-state index in [-0.39, 0.29) is 52.3 Å². The Labute approximate surface area is 229 Å². The Bertz CT molecular complexity index is 1760. The van der Waals surface area contributed by atoms with Gasteiger partial charge in [0.25, 0.3) is 5.56 Å². The summed E-state index contributed by atoms with van der Waals surface area (Å²) in [6, 6.07) is 5.15. The summed E-state index contributed by atoms with van der Waals surface area (Å²) in [7, 11) is 2.68. The average molecular weight is 570 g/mol. The average Bonchev–Trinajstić information content (AvgIpc) is 3.55. The number of rotatable bonds is 6. The summed E-state index contributed by atoms with van der Waals surface area (Å²) in [5.41, 5.74) is -1.90. The largest absolute Gasteiger partial charge is 0.465 e. The first kappa shape index (κ1) is 27.4. The van der Waals surface area contributed by atoms with E-state index in [1.54, 1.807) is 0 Å². The highest BCUT2D eigenvalue weighted by molar-refractivity contribution is 5.86. The molecule has 5 rings (SSSR count). The maximum absolute atomic E-state index is 13.3. The van der Waals surface area contributed by atoms with E-state index in [1.807, 2.05) is 6.07 Å². The number of nitriles is 1. The van der Waals surface area contributed by atoms with Crippen LogP contribution in [0.5, 0.6) is 11.5 Å². The van der Waals surface area contributed by atoms with Crippen molar-refractivity contribution in [2.75, 3.05) is 23.4 Å². The van der Waals surface area contributed by atoms with Gasteiger partial charge in [0.15, 0.2) is 11.4 Å². The fraction of sp³-hybridized carbons (Fsp3) is 0.280. The maximum atomic E-state index is 13.3. The van der Waals surface area contributed by atoms with Gasteiger partial charge in [0, 0.05) is 39.2 Å². The smallest absolute Gasteiger partial charge is 0.417 e. The fourth-order valence-electron chi connectivity index (χ4n) is 4.42. The van der Waals surface area contributed by atoms with Gasteiger partial charge >= 0.3 is 12.3 Å². The molecule has 0 saturated carbocycles. The Hall–Kier alpha value is -5.17. The summed E-state index contributed by atoms with van der Waals surface area (Å²) in [6.45, 7) is 0.646. The van der Waals surface area contributed by atoms with Gasteiger partial charge in [-0.15, -0.1) is 0 Å². The second-order valence-corrected chi connectivity index (χ2v) is 9.08. The molecular weight excluding hydrogens is 549 g/mol. The number of aromatic nitrogens is 5. The van der Waals surface area contributed by atoms with Crippen molar-refractivity contribution in [1.29, 1.82) is 5.26 Å². The number of pyridine rings is 3. The topological polar surface area (TPSA) is 160 Å². The lowest BCUT2D eigenvalue weighted by atomic mass is 10.2. The van der Waals surface area contributed by atoms with Gasteiger partial charge in [-0.2, -0.15) is 23.4 Å².